The van der Waals surface area contributed by atoms with E-state index in [1.807, 2.05) is 13.0 Å². The highest BCUT2D eigenvalue weighted by Gasteiger charge is 2.12. The first kappa shape index (κ1) is 18.6. The number of fused-ring (bicyclic) bond motifs is 1. The number of aromatic carboxylic acids is 1. The van der Waals surface area contributed by atoms with Crippen molar-refractivity contribution >= 4 is 50.5 Å². The summed E-state index contributed by atoms with van der Waals surface area (Å²) in [6.07, 6.45) is 3.77. The summed E-state index contributed by atoms with van der Waals surface area (Å²) in [4.78, 5) is 35.9. The quantitative estimate of drug-likeness (QED) is 0.607. The van der Waals surface area contributed by atoms with Crippen LogP contribution in [0.1, 0.15) is 21.5 Å². The van der Waals surface area contributed by atoms with Crippen LogP contribution in [-0.4, -0.2) is 17.0 Å². The van der Waals surface area contributed by atoms with E-state index in [0.29, 0.717) is 15.4 Å². The molecule has 0 saturated carbocycles. The number of hydrogen-bond acceptors (Lipinski definition) is 4. The minimum atomic E-state index is -1.17. The van der Waals surface area contributed by atoms with Gasteiger partial charge in [-0.25, -0.2) is 4.79 Å². The Balaban J connectivity index is 1.86. The first-order valence-electron chi connectivity index (χ1n) is 7.89. The topological polar surface area (TPSA) is 96.6 Å². The van der Waals surface area contributed by atoms with Crippen LogP contribution in [0.15, 0.2) is 62.4 Å². The second-order valence-electron chi connectivity index (χ2n) is 5.84. The van der Waals surface area contributed by atoms with Gasteiger partial charge < -0.3 is 14.8 Å². The van der Waals surface area contributed by atoms with Crippen molar-refractivity contribution in [1.29, 1.82) is 0 Å². The van der Waals surface area contributed by atoms with Crippen molar-refractivity contribution in [3.8, 4) is 0 Å². The molecular weight excluding hydrogens is 414 g/mol. The molecule has 1 amide bonds. The van der Waals surface area contributed by atoms with Crippen LogP contribution in [0, 0.1) is 6.92 Å². The van der Waals surface area contributed by atoms with Gasteiger partial charge in [0, 0.05) is 10.5 Å². The van der Waals surface area contributed by atoms with Crippen molar-refractivity contribution in [3.63, 3.8) is 0 Å². The van der Waals surface area contributed by atoms with Crippen molar-refractivity contribution in [3.05, 3.63) is 80.1 Å². The second kappa shape index (κ2) is 7.59. The first-order valence-corrected chi connectivity index (χ1v) is 8.68. The molecule has 0 aliphatic rings. The summed E-state index contributed by atoms with van der Waals surface area (Å²) in [6, 6.07) is 9.76. The van der Waals surface area contributed by atoms with Crippen LogP contribution in [0.3, 0.4) is 0 Å². The first-order chi connectivity index (χ1) is 12.8. The SMILES string of the molecule is Cc1ccc2occ(/C=C/C(=O)Nc3ccc(Br)cc3C(=O)O)c(=O)c2c1. The number of carboxylic acid groups (broad SMARTS) is 1. The number of aryl methyl sites for hydroxylation is 1. The molecule has 0 unspecified atom stereocenters. The average Bonchev–Trinajstić information content (AvgIpc) is 2.63. The molecule has 1 heterocycles. The maximum atomic E-state index is 12.5. The summed E-state index contributed by atoms with van der Waals surface area (Å²) in [6.45, 7) is 1.87. The Labute approximate surface area is 162 Å². The minimum absolute atomic E-state index is 0.0492. The molecule has 6 nitrogen and oxygen atoms in total. The summed E-state index contributed by atoms with van der Waals surface area (Å²) >= 11 is 3.19. The summed E-state index contributed by atoms with van der Waals surface area (Å²) in [7, 11) is 0. The van der Waals surface area contributed by atoms with Gasteiger partial charge in [-0.15, -0.1) is 0 Å². The Hall–Kier alpha value is -3.19. The van der Waals surface area contributed by atoms with Crippen molar-refractivity contribution < 1.29 is 19.1 Å². The third-order valence-electron chi connectivity index (χ3n) is 3.84. The third-order valence-corrected chi connectivity index (χ3v) is 4.33. The largest absolute Gasteiger partial charge is 0.478 e. The van der Waals surface area contributed by atoms with Crippen molar-refractivity contribution in [2.75, 3.05) is 5.32 Å². The average molecular weight is 428 g/mol. The van der Waals surface area contributed by atoms with E-state index in [0.717, 1.165) is 11.6 Å². The van der Waals surface area contributed by atoms with Crippen LogP contribution in [0.2, 0.25) is 0 Å². The number of carbonyl (C=O) groups is 2. The predicted molar refractivity (Wildman–Crippen MR) is 106 cm³/mol. The van der Waals surface area contributed by atoms with E-state index in [1.54, 1.807) is 18.2 Å². The van der Waals surface area contributed by atoms with Gasteiger partial charge in [-0.2, -0.15) is 0 Å². The van der Waals surface area contributed by atoms with Crippen LogP contribution in [0.4, 0.5) is 5.69 Å². The molecule has 0 aliphatic heterocycles. The molecule has 0 aliphatic carbocycles. The maximum Gasteiger partial charge on any atom is 0.337 e. The number of rotatable bonds is 4. The van der Waals surface area contributed by atoms with Crippen molar-refractivity contribution in [2.45, 2.75) is 6.92 Å². The highest BCUT2D eigenvalue weighted by molar-refractivity contribution is 9.10. The van der Waals surface area contributed by atoms with Gasteiger partial charge in [0.1, 0.15) is 11.8 Å². The van der Waals surface area contributed by atoms with Crippen molar-refractivity contribution in [2.24, 2.45) is 0 Å². The van der Waals surface area contributed by atoms with Gasteiger partial charge in [-0.3, -0.25) is 9.59 Å². The summed E-state index contributed by atoms with van der Waals surface area (Å²) in [5.74, 6) is -1.73. The molecule has 0 saturated heterocycles. The molecule has 0 spiro atoms. The zero-order valence-electron chi connectivity index (χ0n) is 14.2. The monoisotopic (exact) mass is 427 g/mol. The van der Waals surface area contributed by atoms with Gasteiger partial charge in [0.2, 0.25) is 5.91 Å². The molecule has 0 fully saturated rings. The Morgan fingerprint density at radius 2 is 1.96 bits per heavy atom. The zero-order valence-corrected chi connectivity index (χ0v) is 15.7. The van der Waals surface area contributed by atoms with E-state index in [1.165, 1.54) is 24.5 Å². The van der Waals surface area contributed by atoms with E-state index in [-0.39, 0.29) is 22.2 Å². The van der Waals surface area contributed by atoms with Crippen LogP contribution >= 0.6 is 15.9 Å². The normalized spacial score (nSPS) is 11.0. The number of carboxylic acids is 1. The molecule has 0 radical (unpaired) electrons. The van der Waals surface area contributed by atoms with Crippen LogP contribution < -0.4 is 10.7 Å². The maximum absolute atomic E-state index is 12.5. The minimum Gasteiger partial charge on any atom is -0.478 e. The molecule has 1 aromatic heterocycles. The van der Waals surface area contributed by atoms with Gasteiger partial charge in [0.25, 0.3) is 0 Å². The fourth-order valence-electron chi connectivity index (χ4n) is 2.52. The lowest BCUT2D eigenvalue weighted by atomic mass is 10.1. The van der Waals surface area contributed by atoms with Gasteiger partial charge in [-0.05, 0) is 43.3 Å². The van der Waals surface area contributed by atoms with Crippen molar-refractivity contribution in [1.82, 2.24) is 0 Å². The summed E-state index contributed by atoms with van der Waals surface area (Å²) < 4.78 is 6.01. The molecule has 3 rings (SSSR count). The second-order valence-corrected chi connectivity index (χ2v) is 6.75. The van der Waals surface area contributed by atoms with E-state index in [4.69, 9.17) is 4.42 Å². The highest BCUT2D eigenvalue weighted by atomic mass is 79.9. The predicted octanol–water partition coefficient (Wildman–Crippen LogP) is 4.21. The van der Waals surface area contributed by atoms with E-state index in [9.17, 15) is 19.5 Å². The molecule has 3 aromatic rings. The number of anilines is 1. The van der Waals surface area contributed by atoms with Crippen LogP contribution in [-0.2, 0) is 4.79 Å². The zero-order chi connectivity index (χ0) is 19.6. The number of benzene rings is 2. The molecular formula is C20H14BrNO5. The number of amides is 1. The summed E-state index contributed by atoms with van der Waals surface area (Å²) in [5, 5.41) is 12.2. The summed E-state index contributed by atoms with van der Waals surface area (Å²) in [5.41, 5.74) is 1.46. The van der Waals surface area contributed by atoms with Gasteiger partial charge in [-0.1, -0.05) is 27.6 Å². The number of halogens is 1. The van der Waals surface area contributed by atoms with E-state index >= 15 is 0 Å². The van der Waals surface area contributed by atoms with Crippen LogP contribution in [0.5, 0.6) is 0 Å². The lowest BCUT2D eigenvalue weighted by molar-refractivity contribution is -0.111. The Morgan fingerprint density at radius 3 is 2.70 bits per heavy atom. The molecule has 2 aromatic carbocycles. The van der Waals surface area contributed by atoms with E-state index < -0.39 is 11.9 Å². The number of nitrogens with one attached hydrogen (secondary N) is 1. The van der Waals surface area contributed by atoms with E-state index in [2.05, 4.69) is 21.2 Å². The standard InChI is InChI=1S/C20H14BrNO5/c1-11-2-6-17-15(8-11)19(24)12(10-27-17)3-7-18(23)22-16-5-4-13(21)9-14(16)20(25)26/h2-10H,1H3,(H,22,23)(H,25,26)/b7-3+. The molecule has 2 N–H and O–H groups in total. The molecule has 7 heteroatoms. The molecule has 136 valence electrons. The highest BCUT2D eigenvalue weighted by Crippen LogP contribution is 2.21. The van der Waals surface area contributed by atoms with Gasteiger partial charge >= 0.3 is 5.97 Å². The van der Waals surface area contributed by atoms with Gasteiger partial charge in [0.05, 0.1) is 22.2 Å². The van der Waals surface area contributed by atoms with Gasteiger partial charge in [0.15, 0.2) is 5.43 Å². The van der Waals surface area contributed by atoms with Crippen LogP contribution in [0.25, 0.3) is 17.0 Å². The Kier molecular flexibility index (Phi) is 5.23. The smallest absolute Gasteiger partial charge is 0.337 e. The Morgan fingerprint density at radius 1 is 1.19 bits per heavy atom. The third kappa shape index (κ3) is 4.15. The lowest BCUT2D eigenvalue weighted by Crippen LogP contribution is -2.12. The number of hydrogen-bond donors (Lipinski definition) is 2. The fourth-order valence-corrected chi connectivity index (χ4v) is 2.88. The Bertz CT molecular complexity index is 1150. The molecule has 27 heavy (non-hydrogen) atoms. The number of carbonyl (C=O) groups excluding carboxylic acids is 1. The molecule has 0 bridgehead atoms. The lowest BCUT2D eigenvalue weighted by Gasteiger charge is -2.07. The fraction of sp³-hybridized carbons (Fsp3) is 0.0500. The molecule has 0 atom stereocenters.